The molecule has 6 nitrogen and oxygen atoms in total. The van der Waals surface area contributed by atoms with Gasteiger partial charge in [0.1, 0.15) is 5.49 Å². The summed E-state index contributed by atoms with van der Waals surface area (Å²) in [5.41, 5.74) is 7.87. The van der Waals surface area contributed by atoms with Gasteiger partial charge in [-0.25, -0.2) is 9.79 Å². The Balaban J connectivity index is 0.00000324. The zero-order chi connectivity index (χ0) is 23.9. The van der Waals surface area contributed by atoms with E-state index in [9.17, 15) is 4.79 Å². The molecule has 1 aromatic heterocycles. The molecule has 0 saturated heterocycles. The lowest BCUT2D eigenvalue weighted by Crippen LogP contribution is -2.41. The Morgan fingerprint density at radius 1 is 0.971 bits per heavy atom. The van der Waals surface area contributed by atoms with E-state index in [2.05, 4.69) is 45.9 Å². The Morgan fingerprint density at radius 2 is 1.56 bits per heavy atom. The molecule has 0 amide bonds. The van der Waals surface area contributed by atoms with Crippen LogP contribution in [0.3, 0.4) is 0 Å². The van der Waals surface area contributed by atoms with Gasteiger partial charge in [-0.2, -0.15) is 0 Å². The molecule has 2 aromatic carbocycles. The number of aryl methyl sites for hydroxylation is 3. The molecule has 0 spiro atoms. The lowest BCUT2D eigenvalue weighted by atomic mass is 9.93. The van der Waals surface area contributed by atoms with Crippen LogP contribution in [-0.2, 0) is 13.5 Å². The van der Waals surface area contributed by atoms with Gasteiger partial charge in [-0.3, -0.25) is 9.13 Å². The van der Waals surface area contributed by atoms with Gasteiger partial charge in [0, 0.05) is 24.7 Å². The summed E-state index contributed by atoms with van der Waals surface area (Å²) in [5, 5.41) is 0. The number of benzene rings is 2. The van der Waals surface area contributed by atoms with Crippen molar-refractivity contribution in [3.63, 3.8) is 0 Å². The minimum absolute atomic E-state index is 0. The Labute approximate surface area is 207 Å². The maximum atomic E-state index is 13.5. The summed E-state index contributed by atoms with van der Waals surface area (Å²) < 4.78 is 15.2. The van der Waals surface area contributed by atoms with Crippen molar-refractivity contribution < 1.29 is 9.47 Å². The van der Waals surface area contributed by atoms with Gasteiger partial charge in [-0.05, 0) is 76.8 Å². The number of nitrogens with zero attached hydrogens (tertiary/aromatic N) is 3. The van der Waals surface area contributed by atoms with Gasteiger partial charge < -0.3 is 9.47 Å². The minimum Gasteiger partial charge on any atom is -0.490 e. The molecule has 0 bridgehead atoms. The van der Waals surface area contributed by atoms with E-state index in [0.29, 0.717) is 24.5 Å². The average Bonchev–Trinajstić information content (AvgIpc) is 2.74. The second-order valence-corrected chi connectivity index (χ2v) is 8.83. The summed E-state index contributed by atoms with van der Waals surface area (Å²) in [6.07, 6.45) is 0.751. The zero-order valence-electron chi connectivity index (χ0n) is 21.1. The molecule has 0 fully saturated rings. The fraction of sp³-hybridized carbons (Fsp3) is 0.407. The van der Waals surface area contributed by atoms with E-state index in [1.165, 1.54) is 5.56 Å². The molecule has 0 radical (unpaired) electrons. The molecular weight excluding hydrogens is 450 g/mol. The first kappa shape index (κ1) is 25.6. The molecule has 7 heteroatoms. The molecule has 4 rings (SSSR count). The number of ether oxygens (including phenoxy) is 2. The molecule has 1 aliphatic rings. The molecule has 1 unspecified atom stereocenters. The highest BCUT2D eigenvalue weighted by Gasteiger charge is 2.26. The second-order valence-electron chi connectivity index (χ2n) is 8.83. The highest BCUT2D eigenvalue weighted by Crippen LogP contribution is 2.40. The van der Waals surface area contributed by atoms with Gasteiger partial charge in [-0.15, -0.1) is 12.4 Å². The standard InChI is InChI=1S/C27H33N3O3.ClH/c1-8-32-23-13-20-12-19(6)30-22(21(20)14-24(23)33-9-2)15-25(29(7)27(30)31)28-26-17(4)10-16(3)11-18(26)5;/h10-11,13-15,19H,8-9,12H2,1-7H3;1H. The van der Waals surface area contributed by atoms with Crippen molar-refractivity contribution >= 4 is 18.1 Å². The summed E-state index contributed by atoms with van der Waals surface area (Å²) in [6.45, 7) is 13.3. The van der Waals surface area contributed by atoms with E-state index in [0.717, 1.165) is 45.8 Å². The van der Waals surface area contributed by atoms with Crippen LogP contribution in [0, 0.1) is 20.8 Å². The molecule has 0 aliphatic carbocycles. The summed E-state index contributed by atoms with van der Waals surface area (Å²) in [5.74, 6) is 1.45. The van der Waals surface area contributed by atoms with Crippen molar-refractivity contribution in [2.75, 3.05) is 13.2 Å². The number of fused-ring (bicyclic) bond motifs is 3. The van der Waals surface area contributed by atoms with Crippen LogP contribution in [-0.4, -0.2) is 22.3 Å². The molecule has 0 N–H and O–H groups in total. The molecule has 1 aliphatic heterocycles. The molecule has 34 heavy (non-hydrogen) atoms. The lowest BCUT2D eigenvalue weighted by Gasteiger charge is -2.29. The van der Waals surface area contributed by atoms with Crippen LogP contribution in [0.1, 0.15) is 49.1 Å². The molecule has 3 aromatic rings. The SMILES string of the molecule is CCOc1cc2c(cc1OCC)-c1cc(=Nc3c(C)cc(C)cc3C)n(C)c(=O)n1C(C)C2.Cl. The highest BCUT2D eigenvalue weighted by molar-refractivity contribution is 5.85. The van der Waals surface area contributed by atoms with E-state index in [1.807, 2.05) is 30.5 Å². The van der Waals surface area contributed by atoms with E-state index < -0.39 is 0 Å². The Hall–Kier alpha value is -2.99. The maximum absolute atomic E-state index is 13.5. The molecule has 2 heterocycles. The largest absolute Gasteiger partial charge is 0.490 e. The number of aromatic nitrogens is 2. The Bertz CT molecular complexity index is 1330. The molecule has 0 saturated carbocycles. The summed E-state index contributed by atoms with van der Waals surface area (Å²) in [6, 6.07) is 10.4. The van der Waals surface area contributed by atoms with Crippen LogP contribution in [0.25, 0.3) is 11.3 Å². The van der Waals surface area contributed by atoms with Gasteiger partial charge in [-0.1, -0.05) is 17.7 Å². The van der Waals surface area contributed by atoms with Crippen LogP contribution in [0.15, 0.2) is 40.1 Å². The van der Waals surface area contributed by atoms with Crippen molar-refractivity contribution in [1.82, 2.24) is 9.13 Å². The van der Waals surface area contributed by atoms with E-state index in [1.54, 1.807) is 11.6 Å². The topological polar surface area (TPSA) is 57.8 Å². The lowest BCUT2D eigenvalue weighted by molar-refractivity contribution is 0.287. The molecule has 1 atom stereocenters. The van der Waals surface area contributed by atoms with Crippen LogP contribution in [0.2, 0.25) is 0 Å². The van der Waals surface area contributed by atoms with Crippen LogP contribution in [0.4, 0.5) is 5.69 Å². The number of hydrogen-bond acceptors (Lipinski definition) is 4. The Morgan fingerprint density at radius 3 is 2.15 bits per heavy atom. The first-order chi connectivity index (χ1) is 15.7. The summed E-state index contributed by atoms with van der Waals surface area (Å²) >= 11 is 0. The molecule has 182 valence electrons. The third-order valence-corrected chi connectivity index (χ3v) is 6.23. The van der Waals surface area contributed by atoms with Gasteiger partial charge in [0.15, 0.2) is 11.5 Å². The predicted octanol–water partition coefficient (Wildman–Crippen LogP) is 5.35. The highest BCUT2D eigenvalue weighted by atomic mass is 35.5. The number of rotatable bonds is 5. The quantitative estimate of drug-likeness (QED) is 0.491. The van der Waals surface area contributed by atoms with Crippen molar-refractivity contribution in [3.8, 4) is 22.8 Å². The van der Waals surface area contributed by atoms with Crippen LogP contribution < -0.4 is 20.7 Å². The van der Waals surface area contributed by atoms with Crippen LogP contribution in [0.5, 0.6) is 11.5 Å². The van der Waals surface area contributed by atoms with E-state index in [-0.39, 0.29) is 24.1 Å². The van der Waals surface area contributed by atoms with Gasteiger partial charge in [0.05, 0.1) is 24.6 Å². The molecular formula is C27H34ClN3O3. The maximum Gasteiger partial charge on any atom is 0.330 e. The van der Waals surface area contributed by atoms with Crippen molar-refractivity contribution in [2.45, 2.75) is 54.0 Å². The van der Waals surface area contributed by atoms with Crippen molar-refractivity contribution in [1.29, 1.82) is 0 Å². The average molecular weight is 484 g/mol. The number of halogens is 1. The number of hydrogen-bond donors (Lipinski definition) is 0. The third-order valence-electron chi connectivity index (χ3n) is 6.23. The van der Waals surface area contributed by atoms with Crippen LogP contribution >= 0.6 is 12.4 Å². The van der Waals surface area contributed by atoms with Crippen molar-refractivity contribution in [2.24, 2.45) is 12.0 Å². The van der Waals surface area contributed by atoms with Crippen molar-refractivity contribution in [3.05, 3.63) is 68.6 Å². The van der Waals surface area contributed by atoms with E-state index >= 15 is 0 Å². The minimum atomic E-state index is -0.0707. The summed E-state index contributed by atoms with van der Waals surface area (Å²) in [7, 11) is 1.79. The Kier molecular flexibility index (Phi) is 7.61. The normalized spacial score (nSPS) is 14.8. The fourth-order valence-electron chi connectivity index (χ4n) is 4.81. The third kappa shape index (κ3) is 4.51. The summed E-state index contributed by atoms with van der Waals surface area (Å²) in [4.78, 5) is 18.4. The van der Waals surface area contributed by atoms with E-state index in [4.69, 9.17) is 14.5 Å². The first-order valence-electron chi connectivity index (χ1n) is 11.6. The van der Waals surface area contributed by atoms with Gasteiger partial charge in [0.25, 0.3) is 0 Å². The zero-order valence-corrected chi connectivity index (χ0v) is 21.9. The van der Waals surface area contributed by atoms with Gasteiger partial charge >= 0.3 is 5.69 Å². The first-order valence-corrected chi connectivity index (χ1v) is 11.6. The van der Waals surface area contributed by atoms with Gasteiger partial charge in [0.2, 0.25) is 0 Å². The predicted molar refractivity (Wildman–Crippen MR) is 139 cm³/mol. The monoisotopic (exact) mass is 483 g/mol. The second kappa shape index (κ2) is 10.1. The fourth-order valence-corrected chi connectivity index (χ4v) is 4.81. The smallest absolute Gasteiger partial charge is 0.330 e.